The topological polar surface area (TPSA) is 0 Å². The molecule has 2 rings (SSSR count). The lowest BCUT2D eigenvalue weighted by atomic mass is 9.86. The predicted octanol–water partition coefficient (Wildman–Crippen LogP) is 6.73. The van der Waals surface area contributed by atoms with Gasteiger partial charge in [-0.3, -0.25) is 0 Å². The molecule has 0 nitrogen and oxygen atoms in total. The third-order valence-corrected chi connectivity index (χ3v) is 3.17. The normalized spacial score (nSPS) is 9.73. The van der Waals surface area contributed by atoms with Crippen LogP contribution in [0.15, 0.2) is 67.3 Å². The van der Waals surface area contributed by atoms with Gasteiger partial charge in [-0.25, -0.2) is 0 Å². The first-order chi connectivity index (χ1) is 10.3. The van der Waals surface area contributed by atoms with E-state index < -0.39 is 0 Å². The van der Waals surface area contributed by atoms with Crippen molar-refractivity contribution in [2.75, 3.05) is 0 Å². The van der Waals surface area contributed by atoms with Crippen LogP contribution in [0.25, 0.3) is 0 Å². The van der Waals surface area contributed by atoms with Crippen LogP contribution in [0.2, 0.25) is 0 Å². The molecule has 120 valence electrons. The Balaban J connectivity index is 0.000000372. The molecule has 2 aromatic rings. The van der Waals surface area contributed by atoms with Crippen LogP contribution >= 0.6 is 0 Å². The second-order valence-electron chi connectivity index (χ2n) is 6.36. The van der Waals surface area contributed by atoms with E-state index in [9.17, 15) is 0 Å². The molecular weight excluding hydrogens is 264 g/mol. The molecule has 0 saturated heterocycles. The average molecular weight is 296 g/mol. The summed E-state index contributed by atoms with van der Waals surface area (Å²) >= 11 is 0. The van der Waals surface area contributed by atoms with Crippen molar-refractivity contribution in [1.29, 1.82) is 0 Å². The Morgan fingerprint density at radius 1 is 0.909 bits per heavy atom. The quantitative estimate of drug-likeness (QED) is 0.511. The molecule has 2 aromatic carbocycles. The first-order valence-corrected chi connectivity index (χ1v) is 8.03. The maximum absolute atomic E-state index is 3.36. The van der Waals surface area contributed by atoms with Crippen molar-refractivity contribution >= 4 is 0 Å². The molecule has 0 amide bonds. The van der Waals surface area contributed by atoms with Crippen molar-refractivity contribution in [2.24, 2.45) is 0 Å². The van der Waals surface area contributed by atoms with Crippen molar-refractivity contribution in [3.8, 4) is 0 Å². The van der Waals surface area contributed by atoms with Gasteiger partial charge < -0.3 is 0 Å². The molecule has 0 bridgehead atoms. The van der Waals surface area contributed by atoms with Crippen LogP contribution in [0, 0.1) is 6.92 Å². The van der Waals surface area contributed by atoms with Gasteiger partial charge in [-0.05, 0) is 36.8 Å². The molecule has 0 fully saturated rings. The molecule has 0 heteroatoms. The molecule has 0 N–H and O–H groups in total. The van der Waals surface area contributed by atoms with Crippen molar-refractivity contribution in [2.45, 2.75) is 53.4 Å². The largest absolute Gasteiger partial charge is 0.103 e. The van der Waals surface area contributed by atoms with Gasteiger partial charge in [0.05, 0.1) is 0 Å². The second kappa shape index (κ2) is 10.8. The number of allylic oxidation sites excluding steroid dienone is 1. The zero-order chi connectivity index (χ0) is 17.0. The molecule has 0 aliphatic heterocycles. The molecule has 0 spiro atoms. The fourth-order valence-electron chi connectivity index (χ4n) is 1.77. The molecule has 0 aliphatic carbocycles. The highest BCUT2D eigenvalue weighted by Gasteiger charge is 2.12. The minimum Gasteiger partial charge on any atom is -0.103 e. The van der Waals surface area contributed by atoms with Gasteiger partial charge in [-0.15, -0.1) is 6.58 Å². The monoisotopic (exact) mass is 296 g/mol. The number of aryl methyl sites for hydroxylation is 2. The maximum Gasteiger partial charge on any atom is -0.0132 e. The lowest BCUT2D eigenvalue weighted by Gasteiger charge is -2.18. The third-order valence-electron chi connectivity index (χ3n) is 3.17. The van der Waals surface area contributed by atoms with Crippen LogP contribution in [0.3, 0.4) is 0 Å². The average Bonchev–Trinajstić information content (AvgIpc) is 2.49. The number of hydrogen-bond donors (Lipinski definition) is 0. The molecule has 22 heavy (non-hydrogen) atoms. The Kier molecular flexibility index (Phi) is 9.95. The Labute approximate surface area is 137 Å². The van der Waals surface area contributed by atoms with Gasteiger partial charge in [0.1, 0.15) is 0 Å². The van der Waals surface area contributed by atoms with E-state index >= 15 is 0 Å². The van der Waals surface area contributed by atoms with E-state index in [1.54, 1.807) is 6.08 Å². The number of rotatable bonds is 1. The summed E-state index contributed by atoms with van der Waals surface area (Å²) in [5.74, 6) is 0. The summed E-state index contributed by atoms with van der Waals surface area (Å²) in [6.45, 7) is 16.3. The Morgan fingerprint density at radius 2 is 1.36 bits per heavy atom. The van der Waals surface area contributed by atoms with Crippen LogP contribution in [-0.4, -0.2) is 0 Å². The second-order valence-corrected chi connectivity index (χ2v) is 6.36. The first kappa shape index (κ1) is 20.2. The van der Waals surface area contributed by atoms with Gasteiger partial charge in [-0.1, -0.05) is 93.9 Å². The summed E-state index contributed by atoms with van der Waals surface area (Å²) in [6, 6.07) is 19.2. The van der Waals surface area contributed by atoms with Gasteiger partial charge in [0.25, 0.3) is 0 Å². The molecule has 0 radical (unpaired) electrons. The fourth-order valence-corrected chi connectivity index (χ4v) is 1.77. The van der Waals surface area contributed by atoms with E-state index in [2.05, 4.69) is 77.6 Å². The van der Waals surface area contributed by atoms with Gasteiger partial charge >= 0.3 is 0 Å². The summed E-state index contributed by atoms with van der Waals surface area (Å²) in [5.41, 5.74) is 4.44. The minimum atomic E-state index is 0.284. The maximum atomic E-state index is 3.36. The standard InChI is InChI=1S/C12H18.C7H8.C3H6/c1-5-10-6-8-11(9-7-10)12(2,3)4;1-7-5-3-2-4-6-7;1-3-2/h6-9H,5H2,1-4H3;2-6H,1H3;3H,1H2,2H3. The van der Waals surface area contributed by atoms with Crippen molar-refractivity contribution in [3.63, 3.8) is 0 Å². The smallest absolute Gasteiger partial charge is 0.0132 e. The van der Waals surface area contributed by atoms with Crippen LogP contribution < -0.4 is 0 Å². The lowest BCUT2D eigenvalue weighted by molar-refractivity contribution is 0.590. The van der Waals surface area contributed by atoms with Crippen molar-refractivity contribution in [1.82, 2.24) is 0 Å². The minimum absolute atomic E-state index is 0.284. The predicted molar refractivity (Wildman–Crippen MR) is 102 cm³/mol. The fraction of sp³-hybridized carbons (Fsp3) is 0.364. The highest BCUT2D eigenvalue weighted by atomic mass is 14.2. The van der Waals surface area contributed by atoms with E-state index in [1.165, 1.54) is 16.7 Å². The Bertz CT molecular complexity index is 498. The van der Waals surface area contributed by atoms with Crippen molar-refractivity contribution < 1.29 is 0 Å². The zero-order valence-electron chi connectivity index (χ0n) is 15.2. The molecule has 0 aromatic heterocycles. The van der Waals surface area contributed by atoms with E-state index in [4.69, 9.17) is 0 Å². The summed E-state index contributed by atoms with van der Waals surface area (Å²) in [4.78, 5) is 0. The van der Waals surface area contributed by atoms with E-state index in [1.807, 2.05) is 25.1 Å². The van der Waals surface area contributed by atoms with Gasteiger partial charge in [-0.2, -0.15) is 0 Å². The van der Waals surface area contributed by atoms with E-state index in [0.717, 1.165) is 6.42 Å². The summed E-state index contributed by atoms with van der Waals surface area (Å²) < 4.78 is 0. The first-order valence-electron chi connectivity index (χ1n) is 8.03. The SMILES string of the molecule is C=CC.CCc1ccc(C(C)(C)C)cc1.Cc1ccccc1. The summed E-state index contributed by atoms with van der Waals surface area (Å²) in [6.07, 6.45) is 2.88. The van der Waals surface area contributed by atoms with Gasteiger partial charge in [0, 0.05) is 0 Å². The highest BCUT2D eigenvalue weighted by Crippen LogP contribution is 2.22. The zero-order valence-corrected chi connectivity index (χ0v) is 15.2. The van der Waals surface area contributed by atoms with Crippen LogP contribution in [0.5, 0.6) is 0 Å². The van der Waals surface area contributed by atoms with Gasteiger partial charge in [0.15, 0.2) is 0 Å². The summed E-state index contributed by atoms with van der Waals surface area (Å²) in [5, 5.41) is 0. The molecular formula is C22H32. The molecule has 0 aliphatic rings. The molecule has 0 unspecified atom stereocenters. The highest BCUT2D eigenvalue weighted by molar-refractivity contribution is 5.27. The van der Waals surface area contributed by atoms with Gasteiger partial charge in [0.2, 0.25) is 0 Å². The third kappa shape index (κ3) is 9.18. The van der Waals surface area contributed by atoms with Crippen LogP contribution in [0.1, 0.15) is 51.3 Å². The number of hydrogen-bond acceptors (Lipinski definition) is 0. The van der Waals surface area contributed by atoms with Crippen LogP contribution in [-0.2, 0) is 11.8 Å². The lowest BCUT2D eigenvalue weighted by Crippen LogP contribution is -2.10. The Hall–Kier alpha value is -1.82. The molecule has 0 atom stereocenters. The van der Waals surface area contributed by atoms with E-state index in [-0.39, 0.29) is 5.41 Å². The summed E-state index contributed by atoms with van der Waals surface area (Å²) in [7, 11) is 0. The van der Waals surface area contributed by atoms with E-state index in [0.29, 0.717) is 0 Å². The molecule has 0 saturated carbocycles. The van der Waals surface area contributed by atoms with Crippen LogP contribution in [0.4, 0.5) is 0 Å². The number of benzene rings is 2. The Morgan fingerprint density at radius 3 is 1.64 bits per heavy atom. The van der Waals surface area contributed by atoms with Crippen molar-refractivity contribution in [3.05, 3.63) is 83.9 Å². The molecule has 0 heterocycles.